The van der Waals surface area contributed by atoms with Gasteiger partial charge in [0.25, 0.3) is 0 Å². The van der Waals surface area contributed by atoms with Crippen LogP contribution < -0.4 is 4.84 Å². The molecule has 0 aliphatic heterocycles. The summed E-state index contributed by atoms with van der Waals surface area (Å²) in [5.74, 6) is -1.70. The summed E-state index contributed by atoms with van der Waals surface area (Å²) in [7, 11) is 0. The van der Waals surface area contributed by atoms with Gasteiger partial charge < -0.3 is 14.5 Å². The Kier molecular flexibility index (Phi) is 4.83. The van der Waals surface area contributed by atoms with Gasteiger partial charge in [0.1, 0.15) is 5.75 Å². The summed E-state index contributed by atoms with van der Waals surface area (Å²) in [6.45, 7) is 2.66. The predicted octanol–water partition coefficient (Wildman–Crippen LogP) is 5.46. The first-order valence-corrected chi connectivity index (χ1v) is 9.40. The zero-order chi connectivity index (χ0) is 19.7. The van der Waals surface area contributed by atoms with Gasteiger partial charge in [-0.05, 0) is 48.7 Å². The lowest BCUT2D eigenvalue weighted by molar-refractivity contribution is 0.340. The molecule has 0 unspecified atom stereocenters. The maximum absolute atomic E-state index is 13.3. The van der Waals surface area contributed by atoms with Crippen molar-refractivity contribution in [3.05, 3.63) is 81.7 Å². The molecule has 2 aromatic heterocycles. The van der Waals surface area contributed by atoms with Crippen LogP contribution in [0.15, 0.2) is 59.1 Å². The Hall–Kier alpha value is -3.19. The minimum absolute atomic E-state index is 0.0953. The van der Waals surface area contributed by atoms with Crippen LogP contribution in [0, 0.1) is 18.6 Å². The fraction of sp³-hybridized carbons (Fsp3) is 0.0952. The Morgan fingerprint density at radius 2 is 2.00 bits per heavy atom. The van der Waals surface area contributed by atoms with Crippen LogP contribution in [0.5, 0.6) is 11.5 Å². The zero-order valence-electron chi connectivity index (χ0n) is 14.9. The molecule has 0 bridgehead atoms. The highest BCUT2D eigenvalue weighted by molar-refractivity contribution is 7.09. The summed E-state index contributed by atoms with van der Waals surface area (Å²) in [4.78, 5) is 6.39. The Labute approximate surface area is 163 Å². The minimum Gasteiger partial charge on any atom is -0.508 e. The average molecular weight is 398 g/mol. The van der Waals surface area contributed by atoms with Crippen LogP contribution in [0.2, 0.25) is 0 Å². The van der Waals surface area contributed by atoms with Crippen molar-refractivity contribution < 1.29 is 18.7 Å². The van der Waals surface area contributed by atoms with Gasteiger partial charge in [-0.2, -0.15) is 0 Å². The van der Waals surface area contributed by atoms with Crippen LogP contribution in [-0.4, -0.2) is 15.9 Å². The molecule has 4 nitrogen and oxygen atoms in total. The molecule has 4 rings (SSSR count). The van der Waals surface area contributed by atoms with E-state index in [4.69, 9.17) is 4.84 Å². The van der Waals surface area contributed by atoms with Crippen molar-refractivity contribution in [2.45, 2.75) is 13.5 Å². The predicted molar refractivity (Wildman–Crippen MR) is 106 cm³/mol. The Bertz CT molecular complexity index is 1170. The number of hydrogen-bond acceptors (Lipinski definition) is 4. The Morgan fingerprint density at radius 3 is 2.75 bits per heavy atom. The molecule has 2 aromatic carbocycles. The number of aromatic nitrogens is 1. The van der Waals surface area contributed by atoms with Gasteiger partial charge in [-0.1, -0.05) is 11.2 Å². The Balaban J connectivity index is 1.70. The maximum atomic E-state index is 13.3. The number of hydrogen-bond donors (Lipinski definition) is 1. The first kappa shape index (κ1) is 18.2. The van der Waals surface area contributed by atoms with E-state index < -0.39 is 11.6 Å². The van der Waals surface area contributed by atoms with Gasteiger partial charge in [-0.25, -0.2) is 8.78 Å². The summed E-state index contributed by atoms with van der Waals surface area (Å²) in [5, 5.41) is 16.7. The van der Waals surface area contributed by atoms with Crippen LogP contribution in [0.4, 0.5) is 8.78 Å². The molecule has 142 valence electrons. The normalized spacial score (nSPS) is 11.5. The number of halogens is 2. The van der Waals surface area contributed by atoms with Crippen molar-refractivity contribution >= 4 is 28.5 Å². The summed E-state index contributed by atoms with van der Waals surface area (Å²) in [6.07, 6.45) is 1.52. The molecule has 0 atom stereocenters. The van der Waals surface area contributed by atoms with E-state index in [1.165, 1.54) is 17.2 Å². The van der Waals surface area contributed by atoms with Gasteiger partial charge in [-0.15, -0.1) is 11.3 Å². The molecule has 0 amide bonds. The van der Waals surface area contributed by atoms with E-state index in [9.17, 15) is 13.9 Å². The molecule has 0 aliphatic rings. The highest BCUT2D eigenvalue weighted by Gasteiger charge is 2.14. The molecule has 1 N–H and O–H groups in total. The van der Waals surface area contributed by atoms with E-state index >= 15 is 0 Å². The van der Waals surface area contributed by atoms with E-state index in [0.29, 0.717) is 6.54 Å². The van der Waals surface area contributed by atoms with E-state index in [2.05, 4.69) is 15.8 Å². The number of nitrogens with zero attached hydrogens (tertiary/aromatic N) is 2. The third-order valence-electron chi connectivity index (χ3n) is 4.48. The van der Waals surface area contributed by atoms with Crippen molar-refractivity contribution in [3.8, 4) is 11.5 Å². The number of benzene rings is 2. The molecule has 4 aromatic rings. The van der Waals surface area contributed by atoms with Gasteiger partial charge in [0, 0.05) is 33.1 Å². The lowest BCUT2D eigenvalue weighted by Crippen LogP contribution is -2.01. The van der Waals surface area contributed by atoms with E-state index in [1.54, 1.807) is 23.5 Å². The highest BCUT2D eigenvalue weighted by Crippen LogP contribution is 2.29. The molecule has 0 fully saturated rings. The number of thiophene rings is 1. The first-order chi connectivity index (χ1) is 13.5. The third kappa shape index (κ3) is 3.48. The van der Waals surface area contributed by atoms with Crippen molar-refractivity contribution in [2.75, 3.05) is 0 Å². The molecule has 0 radical (unpaired) electrons. The van der Waals surface area contributed by atoms with Crippen LogP contribution in [0.3, 0.4) is 0 Å². The second-order valence-electron chi connectivity index (χ2n) is 6.27. The number of phenols is 1. The molecule has 2 heterocycles. The van der Waals surface area contributed by atoms with Crippen molar-refractivity contribution in [1.29, 1.82) is 0 Å². The largest absolute Gasteiger partial charge is 0.508 e. The lowest BCUT2D eigenvalue weighted by Gasteiger charge is -2.06. The number of phenolic OH excluding ortho intramolecular Hbond substituents is 1. The summed E-state index contributed by atoms with van der Waals surface area (Å²) in [5.41, 5.74) is 2.69. The van der Waals surface area contributed by atoms with E-state index in [1.807, 2.05) is 24.4 Å². The molecule has 0 aliphatic carbocycles. The third-order valence-corrected chi connectivity index (χ3v) is 5.34. The molecule has 0 spiro atoms. The van der Waals surface area contributed by atoms with Crippen LogP contribution >= 0.6 is 11.3 Å². The van der Waals surface area contributed by atoms with E-state index in [0.717, 1.165) is 34.3 Å². The number of aromatic hydroxyl groups is 1. The van der Waals surface area contributed by atoms with E-state index in [-0.39, 0.29) is 11.5 Å². The van der Waals surface area contributed by atoms with Crippen molar-refractivity contribution in [2.24, 2.45) is 5.16 Å². The zero-order valence-corrected chi connectivity index (χ0v) is 15.7. The molecule has 7 heteroatoms. The molecule has 0 saturated heterocycles. The maximum Gasteiger partial charge on any atom is 0.162 e. The second kappa shape index (κ2) is 7.44. The van der Waals surface area contributed by atoms with Crippen LogP contribution in [0.1, 0.15) is 16.1 Å². The number of fused-ring (bicyclic) bond motifs is 1. The summed E-state index contributed by atoms with van der Waals surface area (Å²) >= 11 is 1.67. The number of rotatable bonds is 5. The van der Waals surface area contributed by atoms with Crippen LogP contribution in [0.25, 0.3) is 10.9 Å². The topological polar surface area (TPSA) is 46.8 Å². The van der Waals surface area contributed by atoms with Gasteiger partial charge in [0.15, 0.2) is 17.4 Å². The average Bonchev–Trinajstić information content (AvgIpc) is 3.27. The fourth-order valence-corrected chi connectivity index (χ4v) is 3.79. The molecule has 0 saturated carbocycles. The van der Waals surface area contributed by atoms with Gasteiger partial charge in [0.05, 0.1) is 12.8 Å². The monoisotopic (exact) mass is 398 g/mol. The quantitative estimate of drug-likeness (QED) is 0.359. The van der Waals surface area contributed by atoms with Gasteiger partial charge in [-0.3, -0.25) is 0 Å². The molecule has 28 heavy (non-hydrogen) atoms. The molecular weight excluding hydrogens is 382 g/mol. The van der Waals surface area contributed by atoms with Crippen molar-refractivity contribution in [1.82, 2.24) is 4.57 Å². The Morgan fingerprint density at radius 1 is 1.14 bits per heavy atom. The van der Waals surface area contributed by atoms with Gasteiger partial charge in [0.2, 0.25) is 0 Å². The first-order valence-electron chi connectivity index (χ1n) is 8.52. The number of oxime groups is 1. The standard InChI is InChI=1S/C21H16F2N2O2S/c1-13-18(11-24-27-15-5-6-19(22)20(23)10-15)17-9-14(26)4-7-21(17)25(13)12-16-3-2-8-28-16/h2-11,26H,12H2,1H3. The smallest absolute Gasteiger partial charge is 0.162 e. The highest BCUT2D eigenvalue weighted by atomic mass is 32.1. The molecular formula is C21H16F2N2O2S. The van der Waals surface area contributed by atoms with Gasteiger partial charge >= 0.3 is 0 Å². The lowest BCUT2D eigenvalue weighted by atomic mass is 10.1. The van der Waals surface area contributed by atoms with Crippen LogP contribution in [-0.2, 0) is 6.54 Å². The second-order valence-corrected chi connectivity index (χ2v) is 7.30. The van der Waals surface area contributed by atoms with Crippen molar-refractivity contribution in [3.63, 3.8) is 0 Å². The summed E-state index contributed by atoms with van der Waals surface area (Å²) in [6, 6.07) is 12.5. The summed E-state index contributed by atoms with van der Waals surface area (Å²) < 4.78 is 28.4. The minimum atomic E-state index is -0.999. The SMILES string of the molecule is Cc1c(C=NOc2ccc(F)c(F)c2)c2cc(O)ccc2n1Cc1cccs1. The fourth-order valence-electron chi connectivity index (χ4n) is 3.09.